The van der Waals surface area contributed by atoms with Crippen LogP contribution in [0.3, 0.4) is 0 Å². The molecule has 1 aromatic rings. The summed E-state index contributed by atoms with van der Waals surface area (Å²) in [5, 5.41) is 0. The minimum absolute atomic E-state index is 0.0516. The molecule has 0 amide bonds. The molecule has 2 unspecified atom stereocenters. The van der Waals surface area contributed by atoms with Crippen molar-refractivity contribution < 1.29 is 18.6 Å². The van der Waals surface area contributed by atoms with Gasteiger partial charge in [0, 0.05) is 31.4 Å². The minimum Gasteiger partial charge on any atom is -0.487 e. The summed E-state index contributed by atoms with van der Waals surface area (Å²) in [7, 11) is 0. The lowest BCUT2D eigenvalue weighted by Crippen LogP contribution is -2.44. The molecule has 3 nitrogen and oxygen atoms in total. The Bertz CT molecular complexity index is 474. The third-order valence-corrected chi connectivity index (χ3v) is 4.28. The highest BCUT2D eigenvalue weighted by atomic mass is 35.5. The predicted molar refractivity (Wildman–Crippen MR) is 73.7 cm³/mol. The predicted octanol–water partition coefficient (Wildman–Crippen LogP) is 3.28. The van der Waals surface area contributed by atoms with Gasteiger partial charge in [0.25, 0.3) is 0 Å². The fourth-order valence-electron chi connectivity index (χ4n) is 2.90. The van der Waals surface area contributed by atoms with Crippen molar-refractivity contribution in [2.24, 2.45) is 0 Å². The Labute approximate surface area is 123 Å². The van der Waals surface area contributed by atoms with Crippen LogP contribution in [-0.4, -0.2) is 31.5 Å². The molecule has 2 atom stereocenters. The molecule has 0 aromatic heterocycles. The molecule has 2 fully saturated rings. The van der Waals surface area contributed by atoms with Crippen LogP contribution in [0.15, 0.2) is 18.2 Å². The zero-order chi connectivity index (χ0) is 14.0. The highest BCUT2D eigenvalue weighted by Crippen LogP contribution is 2.35. The van der Waals surface area contributed by atoms with E-state index in [9.17, 15) is 4.39 Å². The van der Waals surface area contributed by atoms with E-state index in [0.717, 1.165) is 25.9 Å². The lowest BCUT2D eigenvalue weighted by atomic mass is 9.91. The molecule has 3 rings (SSSR count). The van der Waals surface area contributed by atoms with E-state index < -0.39 is 0 Å². The Hall–Kier alpha value is -0.840. The van der Waals surface area contributed by atoms with Crippen LogP contribution in [0.4, 0.5) is 4.39 Å². The van der Waals surface area contributed by atoms with Crippen LogP contribution < -0.4 is 4.74 Å². The molecule has 2 aliphatic heterocycles. The maximum absolute atomic E-state index is 13.9. The van der Waals surface area contributed by atoms with Gasteiger partial charge in [0.05, 0.1) is 24.7 Å². The van der Waals surface area contributed by atoms with E-state index >= 15 is 0 Å². The number of benzene rings is 1. The largest absolute Gasteiger partial charge is 0.487 e. The Morgan fingerprint density at radius 1 is 1.40 bits per heavy atom. The van der Waals surface area contributed by atoms with Crippen LogP contribution in [0.2, 0.25) is 0 Å². The Morgan fingerprint density at radius 3 is 3.05 bits per heavy atom. The topological polar surface area (TPSA) is 27.7 Å². The maximum Gasteiger partial charge on any atom is 0.165 e. The van der Waals surface area contributed by atoms with Gasteiger partial charge in [-0.3, -0.25) is 0 Å². The second-order valence-electron chi connectivity index (χ2n) is 5.43. The Balaban J connectivity index is 1.74. The van der Waals surface area contributed by atoms with E-state index in [1.807, 2.05) is 0 Å². The SMILES string of the molecule is Fc1cccc(CCl)c1OC1CCOC2(CCOC2)C1. The summed E-state index contributed by atoms with van der Waals surface area (Å²) < 4.78 is 31.1. The summed E-state index contributed by atoms with van der Waals surface area (Å²) in [4.78, 5) is 0. The maximum atomic E-state index is 13.9. The number of hydrogen-bond acceptors (Lipinski definition) is 3. The molecule has 0 bridgehead atoms. The van der Waals surface area contributed by atoms with Crippen molar-refractivity contribution in [2.45, 2.75) is 36.8 Å². The summed E-state index contributed by atoms with van der Waals surface area (Å²) >= 11 is 5.85. The third kappa shape index (κ3) is 2.78. The fraction of sp³-hybridized carbons (Fsp3) is 0.600. The van der Waals surface area contributed by atoms with Gasteiger partial charge in [-0.25, -0.2) is 4.39 Å². The molecule has 5 heteroatoms. The Morgan fingerprint density at radius 2 is 2.30 bits per heavy atom. The first-order valence-electron chi connectivity index (χ1n) is 6.94. The number of rotatable bonds is 3. The van der Waals surface area contributed by atoms with Crippen molar-refractivity contribution in [1.82, 2.24) is 0 Å². The van der Waals surface area contributed by atoms with E-state index in [4.69, 9.17) is 25.8 Å². The molecule has 2 aliphatic rings. The van der Waals surface area contributed by atoms with Crippen molar-refractivity contribution in [3.63, 3.8) is 0 Å². The summed E-state index contributed by atoms with van der Waals surface area (Å²) in [6.07, 6.45) is 2.33. The molecule has 0 aliphatic carbocycles. The van der Waals surface area contributed by atoms with Crippen LogP contribution in [0.1, 0.15) is 24.8 Å². The van der Waals surface area contributed by atoms with Gasteiger partial charge in [0.15, 0.2) is 11.6 Å². The first kappa shape index (κ1) is 14.1. The van der Waals surface area contributed by atoms with Gasteiger partial charge >= 0.3 is 0 Å². The molecule has 0 N–H and O–H groups in total. The molecule has 0 saturated carbocycles. The van der Waals surface area contributed by atoms with Crippen LogP contribution in [-0.2, 0) is 15.4 Å². The molecule has 1 aromatic carbocycles. The summed E-state index contributed by atoms with van der Waals surface area (Å²) in [6, 6.07) is 4.84. The lowest BCUT2D eigenvalue weighted by Gasteiger charge is -2.37. The minimum atomic E-state index is -0.355. The monoisotopic (exact) mass is 300 g/mol. The van der Waals surface area contributed by atoms with Crippen molar-refractivity contribution in [2.75, 3.05) is 19.8 Å². The van der Waals surface area contributed by atoms with E-state index in [0.29, 0.717) is 18.8 Å². The third-order valence-electron chi connectivity index (χ3n) is 3.99. The van der Waals surface area contributed by atoms with Gasteiger partial charge in [-0.2, -0.15) is 0 Å². The zero-order valence-electron chi connectivity index (χ0n) is 11.2. The van der Waals surface area contributed by atoms with E-state index in [-0.39, 0.29) is 29.2 Å². The van der Waals surface area contributed by atoms with Gasteiger partial charge < -0.3 is 14.2 Å². The van der Waals surface area contributed by atoms with Crippen LogP contribution in [0.25, 0.3) is 0 Å². The summed E-state index contributed by atoms with van der Waals surface area (Å²) in [5.74, 6) is 0.166. The van der Waals surface area contributed by atoms with Gasteiger partial charge in [0.2, 0.25) is 0 Å². The van der Waals surface area contributed by atoms with Crippen molar-refractivity contribution in [3.8, 4) is 5.75 Å². The molecule has 110 valence electrons. The molecule has 0 radical (unpaired) electrons. The number of hydrogen-bond donors (Lipinski definition) is 0. The number of alkyl halides is 1. The van der Waals surface area contributed by atoms with E-state index in [1.165, 1.54) is 6.07 Å². The zero-order valence-corrected chi connectivity index (χ0v) is 12.0. The van der Waals surface area contributed by atoms with E-state index in [1.54, 1.807) is 12.1 Å². The second kappa shape index (κ2) is 5.88. The molecule has 20 heavy (non-hydrogen) atoms. The van der Waals surface area contributed by atoms with Crippen molar-refractivity contribution >= 4 is 11.6 Å². The normalized spacial score (nSPS) is 29.8. The quantitative estimate of drug-likeness (QED) is 0.802. The highest BCUT2D eigenvalue weighted by Gasteiger charge is 2.42. The van der Waals surface area contributed by atoms with Crippen LogP contribution >= 0.6 is 11.6 Å². The summed E-state index contributed by atoms with van der Waals surface area (Å²) in [6.45, 7) is 1.95. The average molecular weight is 301 g/mol. The number of para-hydroxylation sites is 1. The van der Waals surface area contributed by atoms with Gasteiger partial charge in [0.1, 0.15) is 6.10 Å². The second-order valence-corrected chi connectivity index (χ2v) is 5.70. The van der Waals surface area contributed by atoms with Crippen molar-refractivity contribution in [1.29, 1.82) is 0 Å². The molecule has 1 spiro atoms. The molecular weight excluding hydrogens is 283 g/mol. The fourth-order valence-corrected chi connectivity index (χ4v) is 3.11. The number of halogens is 2. The van der Waals surface area contributed by atoms with Crippen LogP contribution in [0, 0.1) is 5.82 Å². The highest BCUT2D eigenvalue weighted by molar-refractivity contribution is 6.17. The standard InChI is InChI=1S/C15H18ClFO3/c16-9-11-2-1-3-13(17)14(11)20-12-4-6-19-15(8-12)5-7-18-10-15/h1-3,12H,4-10H2. The van der Waals surface area contributed by atoms with Gasteiger partial charge in [-0.05, 0) is 6.07 Å². The van der Waals surface area contributed by atoms with Crippen molar-refractivity contribution in [3.05, 3.63) is 29.6 Å². The lowest BCUT2D eigenvalue weighted by molar-refractivity contribution is -0.112. The summed E-state index contributed by atoms with van der Waals surface area (Å²) in [5.41, 5.74) is 0.449. The molecule has 2 heterocycles. The number of ether oxygens (including phenoxy) is 3. The first-order chi connectivity index (χ1) is 9.72. The smallest absolute Gasteiger partial charge is 0.165 e. The van der Waals surface area contributed by atoms with Gasteiger partial charge in [-0.15, -0.1) is 11.6 Å². The molecular formula is C15H18ClFO3. The van der Waals surface area contributed by atoms with Crippen LogP contribution in [0.5, 0.6) is 5.75 Å². The average Bonchev–Trinajstić information content (AvgIpc) is 2.89. The van der Waals surface area contributed by atoms with Gasteiger partial charge in [-0.1, -0.05) is 12.1 Å². The first-order valence-corrected chi connectivity index (χ1v) is 7.48. The molecule has 2 saturated heterocycles. The van der Waals surface area contributed by atoms with E-state index in [2.05, 4.69) is 0 Å². The Kier molecular flexibility index (Phi) is 4.15.